The maximum atomic E-state index is 11.5. The van der Waals surface area contributed by atoms with Crippen molar-refractivity contribution < 1.29 is 14.3 Å². The van der Waals surface area contributed by atoms with Crippen LogP contribution in [0.4, 0.5) is 0 Å². The first-order valence-electron chi connectivity index (χ1n) is 4.77. The van der Waals surface area contributed by atoms with Crippen molar-refractivity contribution in [2.75, 3.05) is 6.61 Å². The van der Waals surface area contributed by atoms with E-state index in [1.54, 1.807) is 6.92 Å². The summed E-state index contributed by atoms with van der Waals surface area (Å²) in [6, 6.07) is 0. The van der Waals surface area contributed by atoms with Crippen LogP contribution in [0.1, 0.15) is 26.7 Å². The molecule has 0 saturated carbocycles. The maximum absolute atomic E-state index is 11.5. The zero-order valence-corrected chi connectivity index (χ0v) is 8.50. The summed E-state index contributed by atoms with van der Waals surface area (Å²) in [4.78, 5) is 22.5. The molecule has 0 fully saturated rings. The van der Waals surface area contributed by atoms with E-state index in [-0.39, 0.29) is 0 Å². The van der Waals surface area contributed by atoms with E-state index in [1.165, 1.54) is 12.3 Å². The van der Waals surface area contributed by atoms with Crippen LogP contribution in [0.5, 0.6) is 0 Å². The first-order valence-corrected chi connectivity index (χ1v) is 4.77. The molecule has 0 spiro atoms. The first-order chi connectivity index (χ1) is 6.60. The van der Waals surface area contributed by atoms with Crippen LogP contribution in [0.15, 0.2) is 12.3 Å². The monoisotopic (exact) mass is 197 g/mol. The topological polar surface area (TPSA) is 55.4 Å². The molecule has 1 atom stereocenters. The zero-order valence-electron chi connectivity index (χ0n) is 8.50. The van der Waals surface area contributed by atoms with Gasteiger partial charge in [-0.15, -0.1) is 0 Å². The van der Waals surface area contributed by atoms with Crippen LogP contribution >= 0.6 is 0 Å². The molecule has 0 aromatic carbocycles. The van der Waals surface area contributed by atoms with E-state index in [0.717, 1.165) is 12.8 Å². The Labute approximate surface area is 83.3 Å². The van der Waals surface area contributed by atoms with Gasteiger partial charge in [-0.2, -0.15) is 0 Å². The number of Topliss-reactive ketones (excluding diaryl/α,β-unsaturated/α-hetero) is 1. The molecule has 14 heavy (non-hydrogen) atoms. The molecule has 1 rings (SSSR count). The molecule has 4 nitrogen and oxygen atoms in total. The Balaban J connectivity index is 2.59. The number of rotatable bonds is 4. The number of hydrogen-bond donors (Lipinski definition) is 1. The fourth-order valence-corrected chi connectivity index (χ4v) is 1.18. The Hall–Kier alpha value is -1.16. The number of nitrogens with one attached hydrogen (secondary N) is 1. The zero-order chi connectivity index (χ0) is 10.6. The number of unbranched alkanes of at least 4 members (excludes halogenated alkanes) is 1. The highest BCUT2D eigenvalue weighted by molar-refractivity contribution is 6.44. The highest BCUT2D eigenvalue weighted by atomic mass is 16.5. The van der Waals surface area contributed by atoms with Gasteiger partial charge < -0.3 is 10.1 Å². The van der Waals surface area contributed by atoms with Crippen molar-refractivity contribution in [3.05, 3.63) is 12.3 Å². The van der Waals surface area contributed by atoms with Gasteiger partial charge in [-0.1, -0.05) is 13.3 Å². The van der Waals surface area contributed by atoms with Crippen molar-refractivity contribution in [2.45, 2.75) is 32.4 Å². The quantitative estimate of drug-likeness (QED) is 0.534. The summed E-state index contributed by atoms with van der Waals surface area (Å²) in [5.74, 6) is -1.04. The lowest BCUT2D eigenvalue weighted by atomic mass is 10.0. The van der Waals surface area contributed by atoms with Crippen molar-refractivity contribution in [1.82, 2.24) is 5.32 Å². The average Bonchev–Trinajstić information content (AvgIpc) is 2.15. The highest BCUT2D eigenvalue weighted by Gasteiger charge is 2.38. The minimum Gasteiger partial charge on any atom is -0.357 e. The molecule has 0 aliphatic carbocycles. The summed E-state index contributed by atoms with van der Waals surface area (Å²) in [6.07, 6.45) is 4.54. The standard InChI is InChI=1S/C10H15NO3/c1-3-4-7-14-10(2)9(13)8(12)5-6-11-10/h5-6,11H,3-4,7H2,1-2H3. The van der Waals surface area contributed by atoms with Crippen molar-refractivity contribution >= 4 is 11.6 Å². The van der Waals surface area contributed by atoms with Gasteiger partial charge in [0.25, 0.3) is 5.78 Å². The van der Waals surface area contributed by atoms with Gasteiger partial charge >= 0.3 is 0 Å². The summed E-state index contributed by atoms with van der Waals surface area (Å²) in [7, 11) is 0. The molecular weight excluding hydrogens is 182 g/mol. The predicted molar refractivity (Wildman–Crippen MR) is 51.6 cm³/mol. The maximum Gasteiger partial charge on any atom is 0.254 e. The van der Waals surface area contributed by atoms with Crippen LogP contribution in [0, 0.1) is 0 Å². The molecule has 1 heterocycles. The highest BCUT2D eigenvalue weighted by Crippen LogP contribution is 2.13. The fourth-order valence-electron chi connectivity index (χ4n) is 1.18. The van der Waals surface area contributed by atoms with Crippen LogP contribution < -0.4 is 5.32 Å². The molecule has 1 aliphatic heterocycles. The minimum absolute atomic E-state index is 0.479. The van der Waals surface area contributed by atoms with Crippen molar-refractivity contribution in [3.8, 4) is 0 Å². The largest absolute Gasteiger partial charge is 0.357 e. The Morgan fingerprint density at radius 2 is 2.21 bits per heavy atom. The van der Waals surface area contributed by atoms with Crippen LogP contribution in [-0.2, 0) is 14.3 Å². The number of ether oxygens (including phenoxy) is 1. The second-order valence-corrected chi connectivity index (χ2v) is 3.41. The Morgan fingerprint density at radius 3 is 2.86 bits per heavy atom. The molecule has 0 amide bonds. The second-order valence-electron chi connectivity index (χ2n) is 3.41. The summed E-state index contributed by atoms with van der Waals surface area (Å²) >= 11 is 0. The van der Waals surface area contributed by atoms with Gasteiger partial charge in [-0.25, -0.2) is 0 Å². The molecule has 0 aromatic rings. The molecule has 0 bridgehead atoms. The Kier molecular flexibility index (Phi) is 3.41. The molecule has 1 aliphatic rings. The normalized spacial score (nSPS) is 26.4. The molecule has 1 N–H and O–H groups in total. The minimum atomic E-state index is -1.17. The van der Waals surface area contributed by atoms with Gasteiger partial charge in [0, 0.05) is 18.9 Å². The van der Waals surface area contributed by atoms with Crippen LogP contribution in [0.2, 0.25) is 0 Å². The van der Waals surface area contributed by atoms with E-state index in [2.05, 4.69) is 5.32 Å². The summed E-state index contributed by atoms with van der Waals surface area (Å²) in [6.45, 7) is 4.09. The first kappa shape index (κ1) is 10.9. The van der Waals surface area contributed by atoms with E-state index in [9.17, 15) is 9.59 Å². The summed E-state index contributed by atoms with van der Waals surface area (Å²) in [5, 5.41) is 2.76. The van der Waals surface area contributed by atoms with E-state index in [4.69, 9.17) is 4.74 Å². The van der Waals surface area contributed by atoms with Crippen LogP contribution in [-0.4, -0.2) is 23.9 Å². The van der Waals surface area contributed by atoms with Crippen LogP contribution in [0.3, 0.4) is 0 Å². The lowest BCUT2D eigenvalue weighted by molar-refractivity contribution is -0.153. The van der Waals surface area contributed by atoms with E-state index in [0.29, 0.717) is 6.61 Å². The van der Waals surface area contributed by atoms with E-state index >= 15 is 0 Å². The number of hydrogen-bond acceptors (Lipinski definition) is 4. The van der Waals surface area contributed by atoms with Gasteiger partial charge in [0.1, 0.15) is 0 Å². The molecule has 0 saturated heterocycles. The smallest absolute Gasteiger partial charge is 0.254 e. The average molecular weight is 197 g/mol. The lowest BCUT2D eigenvalue weighted by Gasteiger charge is -2.29. The third-order valence-corrected chi connectivity index (χ3v) is 2.14. The van der Waals surface area contributed by atoms with Gasteiger partial charge in [-0.3, -0.25) is 9.59 Å². The van der Waals surface area contributed by atoms with Crippen molar-refractivity contribution in [2.24, 2.45) is 0 Å². The summed E-state index contributed by atoms with van der Waals surface area (Å²) < 4.78 is 5.36. The third-order valence-electron chi connectivity index (χ3n) is 2.14. The van der Waals surface area contributed by atoms with Crippen molar-refractivity contribution in [3.63, 3.8) is 0 Å². The second kappa shape index (κ2) is 4.37. The molecule has 78 valence electrons. The van der Waals surface area contributed by atoms with Crippen molar-refractivity contribution in [1.29, 1.82) is 0 Å². The van der Waals surface area contributed by atoms with Gasteiger partial charge in [-0.05, 0) is 13.3 Å². The number of ketones is 2. The molecule has 1 unspecified atom stereocenters. The molecule has 0 aromatic heterocycles. The predicted octanol–water partition coefficient (Wildman–Crippen LogP) is 0.774. The number of carbonyl (C=O) groups is 2. The fraction of sp³-hybridized carbons (Fsp3) is 0.600. The van der Waals surface area contributed by atoms with Gasteiger partial charge in [0.2, 0.25) is 11.5 Å². The van der Waals surface area contributed by atoms with Crippen LogP contribution in [0.25, 0.3) is 0 Å². The number of allylic oxidation sites excluding steroid dienone is 1. The number of carbonyl (C=O) groups excluding carboxylic acids is 2. The lowest BCUT2D eigenvalue weighted by Crippen LogP contribution is -2.54. The Morgan fingerprint density at radius 1 is 1.50 bits per heavy atom. The Bertz CT molecular complexity index is 273. The molecular formula is C10H15NO3. The van der Waals surface area contributed by atoms with E-state index in [1.807, 2.05) is 6.92 Å². The third kappa shape index (κ3) is 2.20. The van der Waals surface area contributed by atoms with E-state index < -0.39 is 17.3 Å². The van der Waals surface area contributed by atoms with Gasteiger partial charge in [0.15, 0.2) is 0 Å². The molecule has 4 heteroatoms. The molecule has 0 radical (unpaired) electrons. The van der Waals surface area contributed by atoms with Gasteiger partial charge in [0.05, 0.1) is 0 Å². The summed E-state index contributed by atoms with van der Waals surface area (Å²) in [5.41, 5.74) is -1.17. The SMILES string of the molecule is CCCCOC1(C)NC=CC(=O)C1=O.